The van der Waals surface area contributed by atoms with Crippen LogP contribution in [0.4, 0.5) is 0 Å². The number of hydrogen-bond acceptors (Lipinski definition) is 1. The molecule has 1 nitrogen and oxygen atoms in total. The van der Waals surface area contributed by atoms with Gasteiger partial charge in [0.05, 0.1) is 0 Å². The number of unbranched alkanes of at least 4 members (excludes halogenated alkanes) is 8. The Morgan fingerprint density at radius 2 is 1.16 bits per heavy atom. The topological polar surface area (TPSA) is 20.2 Å². The Balaban J connectivity index is 3.24. The van der Waals surface area contributed by atoms with E-state index in [-0.39, 0.29) is 0 Å². The lowest BCUT2D eigenvalue weighted by Crippen LogP contribution is -1.83. The highest BCUT2D eigenvalue weighted by molar-refractivity contribution is 5.10. The summed E-state index contributed by atoms with van der Waals surface area (Å²) in [6, 6.07) is 0. The standard InChI is InChI=1S/C18H32O/c1-2-3-4-5-6-7-8-9-10-11-12-13-14-15-16-17-18-19/h5-10,19H,2-4,11-18H2,1H3/b6-5+,8-7+,10-9-. The lowest BCUT2D eigenvalue weighted by molar-refractivity contribution is 0.282. The normalized spacial score (nSPS) is 12.3. The van der Waals surface area contributed by atoms with Gasteiger partial charge in [0.15, 0.2) is 0 Å². The van der Waals surface area contributed by atoms with E-state index in [1.807, 2.05) is 0 Å². The molecule has 0 aliphatic heterocycles. The van der Waals surface area contributed by atoms with Crippen LogP contribution >= 0.6 is 0 Å². The average molecular weight is 264 g/mol. The minimum atomic E-state index is 0.349. The summed E-state index contributed by atoms with van der Waals surface area (Å²) in [6.07, 6.45) is 25.3. The number of rotatable bonds is 13. The monoisotopic (exact) mass is 264 g/mol. The molecule has 0 heterocycles. The summed E-state index contributed by atoms with van der Waals surface area (Å²) < 4.78 is 0. The Bertz CT molecular complexity index is 238. The summed E-state index contributed by atoms with van der Waals surface area (Å²) >= 11 is 0. The van der Waals surface area contributed by atoms with Crippen LogP contribution in [-0.4, -0.2) is 11.7 Å². The predicted octanol–water partition coefficient (Wildman–Crippen LogP) is 5.57. The van der Waals surface area contributed by atoms with E-state index in [0.29, 0.717) is 6.61 Å². The zero-order chi connectivity index (χ0) is 14.0. The van der Waals surface area contributed by atoms with Crippen LogP contribution in [0.15, 0.2) is 36.5 Å². The Labute approximate surface area is 120 Å². The van der Waals surface area contributed by atoms with E-state index in [2.05, 4.69) is 43.4 Å². The van der Waals surface area contributed by atoms with Gasteiger partial charge < -0.3 is 5.11 Å². The number of hydrogen-bond donors (Lipinski definition) is 1. The molecular formula is C18H32O. The molecule has 0 saturated carbocycles. The first-order valence-corrected chi connectivity index (χ1v) is 8.01. The van der Waals surface area contributed by atoms with Crippen LogP contribution in [-0.2, 0) is 0 Å². The first-order chi connectivity index (χ1) is 9.41. The third-order valence-corrected chi connectivity index (χ3v) is 3.11. The lowest BCUT2D eigenvalue weighted by Gasteiger charge is -1.98. The van der Waals surface area contributed by atoms with E-state index < -0.39 is 0 Å². The molecule has 0 aromatic rings. The van der Waals surface area contributed by atoms with Crippen LogP contribution in [0.1, 0.15) is 71.1 Å². The fourth-order valence-corrected chi connectivity index (χ4v) is 1.88. The van der Waals surface area contributed by atoms with Gasteiger partial charge in [-0.1, -0.05) is 81.9 Å². The summed E-state index contributed by atoms with van der Waals surface area (Å²) in [7, 11) is 0. The number of allylic oxidation sites excluding steroid dienone is 6. The van der Waals surface area contributed by atoms with Gasteiger partial charge in [-0.15, -0.1) is 0 Å². The quantitative estimate of drug-likeness (QED) is 0.340. The number of aliphatic hydroxyl groups excluding tert-OH is 1. The van der Waals surface area contributed by atoms with Gasteiger partial charge in [-0.05, 0) is 25.7 Å². The van der Waals surface area contributed by atoms with Gasteiger partial charge in [0.2, 0.25) is 0 Å². The van der Waals surface area contributed by atoms with E-state index in [0.717, 1.165) is 6.42 Å². The van der Waals surface area contributed by atoms with Gasteiger partial charge in [0, 0.05) is 6.61 Å². The highest BCUT2D eigenvalue weighted by Crippen LogP contribution is 2.07. The SMILES string of the molecule is CCCC/C=C/C=C/C=C\CCCCCCCCO. The smallest absolute Gasteiger partial charge is 0.0431 e. The van der Waals surface area contributed by atoms with Crippen molar-refractivity contribution in [3.05, 3.63) is 36.5 Å². The average Bonchev–Trinajstić information content (AvgIpc) is 2.43. The van der Waals surface area contributed by atoms with Gasteiger partial charge in [-0.2, -0.15) is 0 Å². The fraction of sp³-hybridized carbons (Fsp3) is 0.667. The van der Waals surface area contributed by atoms with Crippen molar-refractivity contribution < 1.29 is 5.11 Å². The molecule has 0 bridgehead atoms. The molecule has 0 unspecified atom stereocenters. The van der Waals surface area contributed by atoms with Crippen LogP contribution < -0.4 is 0 Å². The molecule has 0 rings (SSSR count). The molecule has 0 aromatic carbocycles. The Kier molecular flexibility index (Phi) is 16.4. The molecule has 0 aliphatic rings. The zero-order valence-corrected chi connectivity index (χ0v) is 12.7. The third-order valence-electron chi connectivity index (χ3n) is 3.11. The summed E-state index contributed by atoms with van der Waals surface area (Å²) in [6.45, 7) is 2.57. The molecule has 1 N–H and O–H groups in total. The molecule has 0 fully saturated rings. The Morgan fingerprint density at radius 1 is 0.632 bits per heavy atom. The molecular weight excluding hydrogens is 232 g/mol. The van der Waals surface area contributed by atoms with Crippen molar-refractivity contribution in [1.82, 2.24) is 0 Å². The molecule has 0 spiro atoms. The van der Waals surface area contributed by atoms with Crippen molar-refractivity contribution in [3.8, 4) is 0 Å². The van der Waals surface area contributed by atoms with E-state index in [4.69, 9.17) is 5.11 Å². The van der Waals surface area contributed by atoms with Crippen molar-refractivity contribution in [1.29, 1.82) is 0 Å². The minimum Gasteiger partial charge on any atom is -0.396 e. The Morgan fingerprint density at radius 3 is 1.74 bits per heavy atom. The highest BCUT2D eigenvalue weighted by Gasteiger charge is 1.89. The highest BCUT2D eigenvalue weighted by atomic mass is 16.2. The van der Waals surface area contributed by atoms with Crippen molar-refractivity contribution >= 4 is 0 Å². The molecule has 0 aliphatic carbocycles. The summed E-state index contributed by atoms with van der Waals surface area (Å²) in [5, 5.41) is 8.65. The zero-order valence-electron chi connectivity index (χ0n) is 12.7. The van der Waals surface area contributed by atoms with Crippen molar-refractivity contribution in [2.45, 2.75) is 71.1 Å². The van der Waals surface area contributed by atoms with Gasteiger partial charge in [0.25, 0.3) is 0 Å². The second-order valence-electron chi connectivity index (χ2n) is 5.02. The molecule has 0 atom stereocenters. The molecule has 0 saturated heterocycles. The lowest BCUT2D eigenvalue weighted by atomic mass is 10.1. The molecule has 0 amide bonds. The maximum absolute atomic E-state index is 8.65. The molecule has 1 heteroatoms. The van der Waals surface area contributed by atoms with Crippen molar-refractivity contribution in [2.75, 3.05) is 6.61 Å². The summed E-state index contributed by atoms with van der Waals surface area (Å²) in [4.78, 5) is 0. The van der Waals surface area contributed by atoms with Crippen molar-refractivity contribution in [3.63, 3.8) is 0 Å². The van der Waals surface area contributed by atoms with Gasteiger partial charge in [-0.25, -0.2) is 0 Å². The second kappa shape index (κ2) is 17.2. The van der Waals surface area contributed by atoms with E-state index >= 15 is 0 Å². The Hall–Kier alpha value is -0.820. The van der Waals surface area contributed by atoms with E-state index in [1.54, 1.807) is 0 Å². The summed E-state index contributed by atoms with van der Waals surface area (Å²) in [5.41, 5.74) is 0. The largest absolute Gasteiger partial charge is 0.396 e. The van der Waals surface area contributed by atoms with Gasteiger partial charge in [-0.3, -0.25) is 0 Å². The van der Waals surface area contributed by atoms with Crippen LogP contribution in [0.25, 0.3) is 0 Å². The molecule has 19 heavy (non-hydrogen) atoms. The minimum absolute atomic E-state index is 0.349. The summed E-state index contributed by atoms with van der Waals surface area (Å²) in [5.74, 6) is 0. The number of aliphatic hydroxyl groups is 1. The first kappa shape index (κ1) is 18.2. The molecule has 0 aromatic heterocycles. The maximum Gasteiger partial charge on any atom is 0.0431 e. The van der Waals surface area contributed by atoms with Gasteiger partial charge in [0.1, 0.15) is 0 Å². The predicted molar refractivity (Wildman–Crippen MR) is 86.3 cm³/mol. The second-order valence-corrected chi connectivity index (χ2v) is 5.02. The van der Waals surface area contributed by atoms with Gasteiger partial charge >= 0.3 is 0 Å². The van der Waals surface area contributed by atoms with Crippen molar-refractivity contribution in [2.24, 2.45) is 0 Å². The fourth-order valence-electron chi connectivity index (χ4n) is 1.88. The third kappa shape index (κ3) is 17.2. The molecule has 0 radical (unpaired) electrons. The van der Waals surface area contributed by atoms with Crippen LogP contribution in [0.5, 0.6) is 0 Å². The van der Waals surface area contributed by atoms with E-state index in [9.17, 15) is 0 Å². The van der Waals surface area contributed by atoms with Crippen LogP contribution in [0, 0.1) is 0 Å². The van der Waals surface area contributed by atoms with Crippen LogP contribution in [0.3, 0.4) is 0 Å². The first-order valence-electron chi connectivity index (χ1n) is 8.01. The molecule has 110 valence electrons. The van der Waals surface area contributed by atoms with Crippen LogP contribution in [0.2, 0.25) is 0 Å². The van der Waals surface area contributed by atoms with E-state index in [1.165, 1.54) is 57.8 Å². The maximum atomic E-state index is 8.65.